The van der Waals surface area contributed by atoms with Crippen molar-refractivity contribution in [1.29, 1.82) is 0 Å². The molecule has 1 fully saturated rings. The van der Waals surface area contributed by atoms with Crippen molar-refractivity contribution >= 4 is 23.2 Å². The molecule has 0 saturated carbocycles. The summed E-state index contributed by atoms with van der Waals surface area (Å²) < 4.78 is 13.5. The van der Waals surface area contributed by atoms with Gasteiger partial charge in [0.05, 0.1) is 10.7 Å². The number of carbonyl (C=O) groups excluding carboxylic acids is 1. The molecule has 104 valence electrons. The first-order valence-electron chi connectivity index (χ1n) is 6.61. The van der Waals surface area contributed by atoms with Crippen LogP contribution in [-0.2, 0) is 4.79 Å². The smallest absolute Gasteiger partial charge is 0.224 e. The highest BCUT2D eigenvalue weighted by atomic mass is 35.5. The Hall–Kier alpha value is -1.13. The summed E-state index contributed by atoms with van der Waals surface area (Å²) in [7, 11) is 0. The van der Waals surface area contributed by atoms with Gasteiger partial charge in [0.15, 0.2) is 0 Å². The Labute approximate surface area is 117 Å². The van der Waals surface area contributed by atoms with Gasteiger partial charge in [-0.05, 0) is 50.4 Å². The summed E-state index contributed by atoms with van der Waals surface area (Å²) in [6, 6.07) is 4.36. The summed E-state index contributed by atoms with van der Waals surface area (Å²) in [5.74, 6) is -0.145. The zero-order valence-electron chi connectivity index (χ0n) is 10.7. The van der Waals surface area contributed by atoms with E-state index in [0.717, 1.165) is 32.4 Å². The van der Waals surface area contributed by atoms with Crippen molar-refractivity contribution in [3.63, 3.8) is 0 Å². The quantitative estimate of drug-likeness (QED) is 0.891. The van der Waals surface area contributed by atoms with Gasteiger partial charge in [-0.3, -0.25) is 4.79 Å². The van der Waals surface area contributed by atoms with Gasteiger partial charge in [-0.15, -0.1) is 0 Å². The number of amides is 1. The fourth-order valence-electron chi connectivity index (χ4n) is 2.32. The Morgan fingerprint density at radius 2 is 2.37 bits per heavy atom. The third kappa shape index (κ3) is 4.18. The molecule has 19 heavy (non-hydrogen) atoms. The van der Waals surface area contributed by atoms with E-state index < -0.39 is 5.82 Å². The van der Waals surface area contributed by atoms with Gasteiger partial charge in [-0.25, -0.2) is 4.39 Å². The second-order valence-electron chi connectivity index (χ2n) is 4.90. The predicted octanol–water partition coefficient (Wildman–Crippen LogP) is 3.20. The molecule has 1 heterocycles. The van der Waals surface area contributed by atoms with Crippen LogP contribution in [0.15, 0.2) is 18.2 Å². The molecule has 1 saturated heterocycles. The standard InChI is InChI=1S/C14H18ClFN2O/c15-11-4-1-5-12(16)14(11)18-13(19)7-6-10-3-2-8-17-9-10/h1,4-5,10,17H,2-3,6-9H2,(H,18,19). The molecule has 0 bridgehead atoms. The van der Waals surface area contributed by atoms with E-state index in [0.29, 0.717) is 12.3 Å². The number of nitrogens with one attached hydrogen (secondary N) is 2. The average Bonchev–Trinajstić information content (AvgIpc) is 2.42. The van der Waals surface area contributed by atoms with Crippen LogP contribution in [0.3, 0.4) is 0 Å². The zero-order chi connectivity index (χ0) is 13.7. The summed E-state index contributed by atoms with van der Waals surface area (Å²) >= 11 is 5.86. The highest BCUT2D eigenvalue weighted by Gasteiger charge is 2.16. The van der Waals surface area contributed by atoms with Crippen molar-refractivity contribution < 1.29 is 9.18 Å². The third-order valence-corrected chi connectivity index (χ3v) is 3.72. The zero-order valence-corrected chi connectivity index (χ0v) is 11.5. The first kappa shape index (κ1) is 14.3. The number of piperidine rings is 1. The van der Waals surface area contributed by atoms with Crippen molar-refractivity contribution in [2.24, 2.45) is 5.92 Å². The molecule has 1 unspecified atom stereocenters. The monoisotopic (exact) mass is 284 g/mol. The van der Waals surface area contributed by atoms with Gasteiger partial charge in [0.1, 0.15) is 5.82 Å². The van der Waals surface area contributed by atoms with E-state index in [9.17, 15) is 9.18 Å². The van der Waals surface area contributed by atoms with Crippen molar-refractivity contribution in [3.8, 4) is 0 Å². The van der Waals surface area contributed by atoms with E-state index >= 15 is 0 Å². The minimum atomic E-state index is -0.500. The second-order valence-corrected chi connectivity index (χ2v) is 5.30. The first-order chi connectivity index (χ1) is 9.16. The van der Waals surface area contributed by atoms with Crippen LogP contribution in [0.2, 0.25) is 5.02 Å². The maximum Gasteiger partial charge on any atom is 0.224 e. The fraction of sp³-hybridized carbons (Fsp3) is 0.500. The summed E-state index contributed by atoms with van der Waals surface area (Å²) in [5, 5.41) is 6.09. The van der Waals surface area contributed by atoms with E-state index in [4.69, 9.17) is 11.6 Å². The summed E-state index contributed by atoms with van der Waals surface area (Å²) in [6.45, 7) is 2.03. The van der Waals surface area contributed by atoms with Gasteiger partial charge in [-0.1, -0.05) is 17.7 Å². The van der Waals surface area contributed by atoms with E-state index in [1.165, 1.54) is 12.1 Å². The molecule has 2 rings (SSSR count). The number of anilines is 1. The molecule has 1 amide bonds. The minimum absolute atomic E-state index is 0.0796. The lowest BCUT2D eigenvalue weighted by Gasteiger charge is -2.22. The van der Waals surface area contributed by atoms with Crippen molar-refractivity contribution in [3.05, 3.63) is 29.0 Å². The molecule has 2 N–H and O–H groups in total. The van der Waals surface area contributed by atoms with Crippen LogP contribution in [-0.4, -0.2) is 19.0 Å². The predicted molar refractivity (Wildman–Crippen MR) is 74.9 cm³/mol. The Morgan fingerprint density at radius 3 is 3.05 bits per heavy atom. The van der Waals surface area contributed by atoms with Gasteiger partial charge in [0.2, 0.25) is 5.91 Å². The van der Waals surface area contributed by atoms with Crippen molar-refractivity contribution in [2.75, 3.05) is 18.4 Å². The number of hydrogen-bond acceptors (Lipinski definition) is 2. The molecule has 0 aliphatic carbocycles. The molecular formula is C14H18ClFN2O. The Balaban J connectivity index is 1.83. The van der Waals surface area contributed by atoms with Crippen LogP contribution in [0, 0.1) is 11.7 Å². The molecule has 0 radical (unpaired) electrons. The molecule has 1 aliphatic heterocycles. The Morgan fingerprint density at radius 1 is 1.53 bits per heavy atom. The number of para-hydroxylation sites is 1. The Kier molecular flexibility index (Phi) is 5.16. The summed E-state index contributed by atoms with van der Waals surface area (Å²) in [4.78, 5) is 11.8. The molecule has 1 aromatic carbocycles. The number of carbonyl (C=O) groups is 1. The SMILES string of the molecule is O=C(CCC1CCCNC1)Nc1c(F)cccc1Cl. The largest absolute Gasteiger partial charge is 0.322 e. The lowest BCUT2D eigenvalue weighted by atomic mass is 9.94. The number of hydrogen-bond donors (Lipinski definition) is 2. The van der Waals surface area contributed by atoms with Gasteiger partial charge < -0.3 is 10.6 Å². The summed E-state index contributed by atoms with van der Waals surface area (Å²) in [5.41, 5.74) is 0.0796. The minimum Gasteiger partial charge on any atom is -0.322 e. The first-order valence-corrected chi connectivity index (χ1v) is 6.99. The van der Waals surface area contributed by atoms with E-state index in [1.54, 1.807) is 6.07 Å². The number of halogens is 2. The van der Waals surface area contributed by atoms with Crippen molar-refractivity contribution in [1.82, 2.24) is 5.32 Å². The maximum absolute atomic E-state index is 13.5. The molecule has 1 aliphatic rings. The highest BCUT2D eigenvalue weighted by Crippen LogP contribution is 2.25. The molecule has 1 atom stereocenters. The van der Waals surface area contributed by atoms with Gasteiger partial charge in [0, 0.05) is 6.42 Å². The molecule has 0 aromatic heterocycles. The lowest BCUT2D eigenvalue weighted by Crippen LogP contribution is -2.30. The number of benzene rings is 1. The van der Waals surface area contributed by atoms with Crippen molar-refractivity contribution in [2.45, 2.75) is 25.7 Å². The van der Waals surface area contributed by atoms with Crippen LogP contribution in [0.4, 0.5) is 10.1 Å². The van der Waals surface area contributed by atoms with E-state index in [2.05, 4.69) is 10.6 Å². The summed E-state index contributed by atoms with van der Waals surface area (Å²) in [6.07, 6.45) is 3.54. The molecule has 1 aromatic rings. The van der Waals surface area contributed by atoms with Gasteiger partial charge in [0.25, 0.3) is 0 Å². The lowest BCUT2D eigenvalue weighted by molar-refractivity contribution is -0.116. The van der Waals surface area contributed by atoms with Crippen LogP contribution in [0.25, 0.3) is 0 Å². The van der Waals surface area contributed by atoms with Crippen LogP contribution in [0.1, 0.15) is 25.7 Å². The number of rotatable bonds is 4. The van der Waals surface area contributed by atoms with Crippen LogP contribution < -0.4 is 10.6 Å². The molecule has 3 nitrogen and oxygen atoms in total. The maximum atomic E-state index is 13.5. The van der Waals surface area contributed by atoms with E-state index in [1.807, 2.05) is 0 Å². The molecule has 0 spiro atoms. The highest BCUT2D eigenvalue weighted by molar-refractivity contribution is 6.33. The third-order valence-electron chi connectivity index (χ3n) is 3.41. The molecular weight excluding hydrogens is 267 g/mol. The second kappa shape index (κ2) is 6.87. The normalized spacial score (nSPS) is 19.2. The Bertz CT molecular complexity index is 427. The molecule has 5 heteroatoms. The fourth-order valence-corrected chi connectivity index (χ4v) is 2.54. The van der Waals surface area contributed by atoms with Crippen LogP contribution in [0.5, 0.6) is 0 Å². The van der Waals surface area contributed by atoms with Gasteiger partial charge in [-0.2, -0.15) is 0 Å². The van der Waals surface area contributed by atoms with Crippen LogP contribution >= 0.6 is 11.6 Å². The van der Waals surface area contributed by atoms with Gasteiger partial charge >= 0.3 is 0 Å². The van der Waals surface area contributed by atoms with E-state index in [-0.39, 0.29) is 16.6 Å². The average molecular weight is 285 g/mol. The topological polar surface area (TPSA) is 41.1 Å².